The molecule has 4 rings (SSSR count). The SMILES string of the molecule is O=C(Cc1csc(NC(=O)c2cccs2)n1)Nc1nc2c(s1)CCCCC2. The number of anilines is 2. The number of hydrogen-bond donors (Lipinski definition) is 2. The van der Waals surface area contributed by atoms with E-state index in [1.807, 2.05) is 11.4 Å². The Morgan fingerprint density at radius 1 is 1.04 bits per heavy atom. The van der Waals surface area contributed by atoms with Gasteiger partial charge in [0.15, 0.2) is 10.3 Å². The Labute approximate surface area is 168 Å². The molecule has 3 heterocycles. The minimum atomic E-state index is -0.181. The highest BCUT2D eigenvalue weighted by atomic mass is 32.1. The van der Waals surface area contributed by atoms with Crippen LogP contribution in [0.4, 0.5) is 10.3 Å². The maximum Gasteiger partial charge on any atom is 0.267 e. The summed E-state index contributed by atoms with van der Waals surface area (Å²) in [6, 6.07) is 3.59. The highest BCUT2D eigenvalue weighted by molar-refractivity contribution is 7.16. The van der Waals surface area contributed by atoms with Crippen LogP contribution in [0.5, 0.6) is 0 Å². The zero-order valence-electron chi connectivity index (χ0n) is 14.5. The number of fused-ring (bicyclic) bond motifs is 1. The van der Waals surface area contributed by atoms with Gasteiger partial charge in [-0.2, -0.15) is 0 Å². The van der Waals surface area contributed by atoms with E-state index >= 15 is 0 Å². The highest BCUT2D eigenvalue weighted by Crippen LogP contribution is 2.29. The van der Waals surface area contributed by atoms with Crippen LogP contribution in [-0.2, 0) is 24.1 Å². The number of carbonyl (C=O) groups is 2. The van der Waals surface area contributed by atoms with Crippen LogP contribution in [0.3, 0.4) is 0 Å². The molecule has 140 valence electrons. The molecular formula is C18H18N4O2S3. The molecule has 27 heavy (non-hydrogen) atoms. The van der Waals surface area contributed by atoms with Crippen molar-refractivity contribution in [3.05, 3.63) is 44.0 Å². The van der Waals surface area contributed by atoms with Crippen LogP contribution in [0.25, 0.3) is 0 Å². The van der Waals surface area contributed by atoms with E-state index in [1.165, 1.54) is 46.8 Å². The summed E-state index contributed by atoms with van der Waals surface area (Å²) in [5.74, 6) is -0.319. The lowest BCUT2D eigenvalue weighted by atomic mass is 10.2. The summed E-state index contributed by atoms with van der Waals surface area (Å²) in [6.45, 7) is 0. The first kappa shape index (κ1) is 18.3. The van der Waals surface area contributed by atoms with Crippen LogP contribution in [0.15, 0.2) is 22.9 Å². The molecule has 0 unspecified atom stereocenters. The van der Waals surface area contributed by atoms with Gasteiger partial charge >= 0.3 is 0 Å². The molecule has 0 aliphatic heterocycles. The van der Waals surface area contributed by atoms with E-state index in [-0.39, 0.29) is 18.2 Å². The van der Waals surface area contributed by atoms with Gasteiger partial charge in [0.1, 0.15) is 0 Å². The van der Waals surface area contributed by atoms with Gasteiger partial charge < -0.3 is 5.32 Å². The van der Waals surface area contributed by atoms with Crippen LogP contribution in [-0.4, -0.2) is 21.8 Å². The fourth-order valence-electron chi connectivity index (χ4n) is 2.92. The fourth-order valence-corrected chi connectivity index (χ4v) is 5.31. The number of thiazole rings is 2. The summed E-state index contributed by atoms with van der Waals surface area (Å²) >= 11 is 4.28. The van der Waals surface area contributed by atoms with E-state index in [0.717, 1.165) is 18.5 Å². The maximum atomic E-state index is 12.3. The summed E-state index contributed by atoms with van der Waals surface area (Å²) in [5.41, 5.74) is 1.78. The molecule has 3 aromatic rings. The lowest BCUT2D eigenvalue weighted by Crippen LogP contribution is -2.15. The molecule has 2 amide bonds. The summed E-state index contributed by atoms with van der Waals surface area (Å²) in [4.78, 5) is 35.2. The predicted octanol–water partition coefficient (Wildman–Crippen LogP) is 4.36. The molecule has 0 aromatic carbocycles. The van der Waals surface area contributed by atoms with E-state index in [9.17, 15) is 9.59 Å². The van der Waals surface area contributed by atoms with Gasteiger partial charge in [0.05, 0.1) is 22.7 Å². The van der Waals surface area contributed by atoms with E-state index < -0.39 is 0 Å². The third-order valence-corrected chi connectivity index (χ3v) is 6.95. The monoisotopic (exact) mass is 418 g/mol. The van der Waals surface area contributed by atoms with Gasteiger partial charge in [0, 0.05) is 10.3 Å². The number of amides is 2. The van der Waals surface area contributed by atoms with Crippen LogP contribution in [0.1, 0.15) is 45.2 Å². The molecule has 2 N–H and O–H groups in total. The van der Waals surface area contributed by atoms with Gasteiger partial charge in [-0.1, -0.05) is 12.5 Å². The molecule has 6 nitrogen and oxygen atoms in total. The van der Waals surface area contributed by atoms with Crippen LogP contribution in [0, 0.1) is 0 Å². The Bertz CT molecular complexity index is 922. The third-order valence-electron chi connectivity index (χ3n) is 4.20. The van der Waals surface area contributed by atoms with E-state index in [1.54, 1.807) is 22.8 Å². The molecule has 0 saturated carbocycles. The molecule has 0 saturated heterocycles. The average molecular weight is 419 g/mol. The molecule has 1 aliphatic carbocycles. The minimum absolute atomic E-state index is 0.139. The molecule has 0 bridgehead atoms. The largest absolute Gasteiger partial charge is 0.302 e. The first-order chi connectivity index (χ1) is 13.2. The molecule has 0 fully saturated rings. The van der Waals surface area contributed by atoms with Crippen molar-refractivity contribution in [3.8, 4) is 0 Å². The van der Waals surface area contributed by atoms with Crippen molar-refractivity contribution in [2.75, 3.05) is 10.6 Å². The van der Waals surface area contributed by atoms with Gasteiger partial charge in [-0.05, 0) is 37.1 Å². The smallest absolute Gasteiger partial charge is 0.267 e. The Kier molecular flexibility index (Phi) is 5.61. The lowest BCUT2D eigenvalue weighted by molar-refractivity contribution is -0.115. The van der Waals surface area contributed by atoms with E-state index in [2.05, 4.69) is 20.6 Å². The third kappa shape index (κ3) is 4.60. The van der Waals surface area contributed by atoms with Crippen molar-refractivity contribution >= 4 is 56.1 Å². The lowest BCUT2D eigenvalue weighted by Gasteiger charge is -2.00. The number of hydrogen-bond acceptors (Lipinski definition) is 7. The second kappa shape index (κ2) is 8.28. The Hall–Kier alpha value is -2.10. The van der Waals surface area contributed by atoms with Crippen molar-refractivity contribution in [2.24, 2.45) is 0 Å². The van der Waals surface area contributed by atoms with Crippen molar-refractivity contribution in [2.45, 2.75) is 38.5 Å². The number of aromatic nitrogens is 2. The van der Waals surface area contributed by atoms with Gasteiger partial charge in [0.2, 0.25) is 5.91 Å². The zero-order chi connectivity index (χ0) is 18.6. The van der Waals surface area contributed by atoms with Crippen LogP contribution in [0.2, 0.25) is 0 Å². The number of thiophene rings is 1. The summed E-state index contributed by atoms with van der Waals surface area (Å²) in [5, 5.41) is 10.5. The molecule has 0 spiro atoms. The standard InChI is InChI=1S/C18H18N4O2S3/c23-15(21-18-20-12-5-2-1-3-6-13(12)27-18)9-11-10-26-17(19-11)22-16(24)14-7-4-8-25-14/h4,7-8,10H,1-3,5-6,9H2,(H,19,22,24)(H,20,21,23). The van der Waals surface area contributed by atoms with Crippen LogP contribution < -0.4 is 10.6 Å². The number of nitrogens with zero attached hydrogens (tertiary/aromatic N) is 2. The second-order valence-electron chi connectivity index (χ2n) is 6.25. The van der Waals surface area contributed by atoms with Gasteiger partial charge in [-0.15, -0.1) is 34.0 Å². The highest BCUT2D eigenvalue weighted by Gasteiger charge is 2.16. The summed E-state index contributed by atoms with van der Waals surface area (Å²) in [7, 11) is 0. The van der Waals surface area contributed by atoms with E-state index in [4.69, 9.17) is 0 Å². The average Bonchev–Trinajstić information content (AvgIpc) is 3.35. The second-order valence-corrected chi connectivity index (χ2v) is 9.14. The number of rotatable bonds is 5. The van der Waals surface area contributed by atoms with Crippen molar-refractivity contribution < 1.29 is 9.59 Å². The number of aryl methyl sites for hydroxylation is 2. The predicted molar refractivity (Wildman–Crippen MR) is 110 cm³/mol. The Morgan fingerprint density at radius 3 is 2.78 bits per heavy atom. The Morgan fingerprint density at radius 2 is 1.93 bits per heavy atom. The molecular weight excluding hydrogens is 400 g/mol. The van der Waals surface area contributed by atoms with Gasteiger partial charge in [-0.3, -0.25) is 14.9 Å². The van der Waals surface area contributed by atoms with Gasteiger partial charge in [0.25, 0.3) is 5.91 Å². The zero-order valence-corrected chi connectivity index (χ0v) is 16.9. The van der Waals surface area contributed by atoms with Crippen molar-refractivity contribution in [3.63, 3.8) is 0 Å². The molecule has 9 heteroatoms. The fraction of sp³-hybridized carbons (Fsp3) is 0.333. The Balaban J connectivity index is 1.33. The van der Waals surface area contributed by atoms with Gasteiger partial charge in [-0.25, -0.2) is 9.97 Å². The first-order valence-corrected chi connectivity index (χ1v) is 11.3. The molecule has 0 atom stereocenters. The van der Waals surface area contributed by atoms with E-state index in [0.29, 0.717) is 20.8 Å². The molecule has 3 aromatic heterocycles. The van der Waals surface area contributed by atoms with Crippen LogP contribution >= 0.6 is 34.0 Å². The molecule has 0 radical (unpaired) electrons. The first-order valence-electron chi connectivity index (χ1n) is 8.75. The molecule has 1 aliphatic rings. The quantitative estimate of drug-likeness (QED) is 0.603. The minimum Gasteiger partial charge on any atom is -0.302 e. The normalized spacial score (nSPS) is 13.6. The number of nitrogens with one attached hydrogen (secondary N) is 2. The summed E-state index contributed by atoms with van der Waals surface area (Å²) < 4.78 is 0. The maximum absolute atomic E-state index is 12.3. The number of carbonyl (C=O) groups excluding carboxylic acids is 2. The van der Waals surface area contributed by atoms with Crippen molar-refractivity contribution in [1.29, 1.82) is 0 Å². The summed E-state index contributed by atoms with van der Waals surface area (Å²) in [6.07, 6.45) is 5.84. The van der Waals surface area contributed by atoms with Crippen molar-refractivity contribution in [1.82, 2.24) is 9.97 Å². The topological polar surface area (TPSA) is 84.0 Å².